The predicted molar refractivity (Wildman–Crippen MR) is 61.4 cm³/mol. The molecule has 1 N–H and O–H groups in total. The third-order valence-electron chi connectivity index (χ3n) is 2.28. The lowest BCUT2D eigenvalue weighted by molar-refractivity contribution is 0.109. The van der Waals surface area contributed by atoms with Crippen molar-refractivity contribution in [3.8, 4) is 11.7 Å². The summed E-state index contributed by atoms with van der Waals surface area (Å²) in [6.45, 7) is 0.0537. The first kappa shape index (κ1) is 11.4. The number of carbonyl (C=O) groups is 1. The smallest absolute Gasteiger partial charge is 0.290 e. The highest BCUT2D eigenvalue weighted by atomic mass is 16.6. The highest BCUT2D eigenvalue weighted by Gasteiger charge is 2.07. The fourth-order valence-corrected chi connectivity index (χ4v) is 1.49. The molecule has 0 aliphatic heterocycles. The summed E-state index contributed by atoms with van der Waals surface area (Å²) in [5.74, 6) is 1.10. The van der Waals surface area contributed by atoms with E-state index in [4.69, 9.17) is 14.3 Å². The molecule has 0 radical (unpaired) electrons. The Morgan fingerprint density at radius 1 is 1.24 bits per heavy atom. The average Bonchev–Trinajstić information content (AvgIpc) is 2.80. The van der Waals surface area contributed by atoms with Crippen molar-refractivity contribution < 1.29 is 19.1 Å². The van der Waals surface area contributed by atoms with Gasteiger partial charge in [0.05, 0.1) is 0 Å². The number of aliphatic hydroxyl groups is 1. The van der Waals surface area contributed by atoms with E-state index in [0.717, 1.165) is 5.56 Å². The number of aldehydes is 1. The first-order chi connectivity index (χ1) is 8.33. The van der Waals surface area contributed by atoms with Crippen molar-refractivity contribution in [2.24, 2.45) is 0 Å². The molecular formula is C13H12O4. The highest BCUT2D eigenvalue weighted by molar-refractivity contribution is 5.70. The maximum absolute atomic E-state index is 10.5. The Kier molecular flexibility index (Phi) is 3.57. The van der Waals surface area contributed by atoms with E-state index in [9.17, 15) is 4.79 Å². The van der Waals surface area contributed by atoms with Crippen molar-refractivity contribution in [2.75, 3.05) is 6.61 Å². The van der Waals surface area contributed by atoms with E-state index in [1.165, 1.54) is 6.07 Å². The fraction of sp³-hybridized carbons (Fsp3) is 0.154. The SMILES string of the molecule is O=Cc1ccc(Oc2ccccc2CCO)o1. The molecule has 2 aromatic rings. The van der Waals surface area contributed by atoms with Gasteiger partial charge in [-0.1, -0.05) is 18.2 Å². The second-order valence-corrected chi connectivity index (χ2v) is 3.46. The van der Waals surface area contributed by atoms with Gasteiger partial charge in [0, 0.05) is 12.7 Å². The molecule has 0 unspecified atom stereocenters. The molecule has 2 rings (SSSR count). The number of benzene rings is 1. The van der Waals surface area contributed by atoms with Crippen LogP contribution < -0.4 is 4.74 Å². The summed E-state index contributed by atoms with van der Waals surface area (Å²) in [5.41, 5.74) is 0.888. The summed E-state index contributed by atoms with van der Waals surface area (Å²) in [4.78, 5) is 10.5. The number of aliphatic hydroxyl groups excluding tert-OH is 1. The normalized spacial score (nSPS) is 10.2. The molecule has 0 aliphatic carbocycles. The van der Waals surface area contributed by atoms with Crippen LogP contribution in [0.15, 0.2) is 40.8 Å². The number of ether oxygens (including phenoxy) is 1. The molecule has 4 heteroatoms. The molecule has 1 heterocycles. The Bertz CT molecular complexity index is 502. The maximum atomic E-state index is 10.5. The van der Waals surface area contributed by atoms with Gasteiger partial charge in [0.15, 0.2) is 12.0 Å². The third kappa shape index (κ3) is 2.73. The third-order valence-corrected chi connectivity index (χ3v) is 2.28. The quantitative estimate of drug-likeness (QED) is 0.804. The Balaban J connectivity index is 2.19. The summed E-state index contributed by atoms with van der Waals surface area (Å²) in [7, 11) is 0. The lowest BCUT2D eigenvalue weighted by atomic mass is 10.1. The van der Waals surface area contributed by atoms with Crippen LogP contribution in [0.5, 0.6) is 11.7 Å². The van der Waals surface area contributed by atoms with Gasteiger partial charge < -0.3 is 14.3 Å². The molecule has 0 spiro atoms. The Morgan fingerprint density at radius 3 is 2.76 bits per heavy atom. The van der Waals surface area contributed by atoms with Gasteiger partial charge in [0.1, 0.15) is 5.75 Å². The second kappa shape index (κ2) is 5.32. The molecule has 0 atom stereocenters. The minimum Gasteiger partial charge on any atom is -0.426 e. The molecule has 0 amide bonds. The van der Waals surface area contributed by atoms with Gasteiger partial charge in [0.2, 0.25) is 0 Å². The van der Waals surface area contributed by atoms with Crippen LogP contribution in [-0.2, 0) is 6.42 Å². The number of hydrogen-bond acceptors (Lipinski definition) is 4. The number of para-hydroxylation sites is 1. The average molecular weight is 232 g/mol. The van der Waals surface area contributed by atoms with Gasteiger partial charge >= 0.3 is 0 Å². The summed E-state index contributed by atoms with van der Waals surface area (Å²) >= 11 is 0. The van der Waals surface area contributed by atoms with Gasteiger partial charge in [-0.15, -0.1) is 0 Å². The monoisotopic (exact) mass is 232 g/mol. The van der Waals surface area contributed by atoms with Crippen LogP contribution in [0.3, 0.4) is 0 Å². The van der Waals surface area contributed by atoms with Crippen LogP contribution in [-0.4, -0.2) is 18.0 Å². The van der Waals surface area contributed by atoms with Gasteiger partial charge in [0.25, 0.3) is 5.95 Å². The van der Waals surface area contributed by atoms with Crippen molar-refractivity contribution in [3.63, 3.8) is 0 Å². The van der Waals surface area contributed by atoms with Gasteiger partial charge in [-0.2, -0.15) is 0 Å². The first-order valence-corrected chi connectivity index (χ1v) is 5.25. The molecule has 88 valence electrons. The number of carbonyl (C=O) groups excluding carboxylic acids is 1. The molecular weight excluding hydrogens is 220 g/mol. The topological polar surface area (TPSA) is 59.7 Å². The van der Waals surface area contributed by atoms with Crippen LogP contribution in [0.4, 0.5) is 0 Å². The Hall–Kier alpha value is -2.07. The van der Waals surface area contributed by atoms with Crippen LogP contribution in [0.2, 0.25) is 0 Å². The van der Waals surface area contributed by atoms with Gasteiger partial charge in [-0.25, -0.2) is 0 Å². The van der Waals surface area contributed by atoms with Gasteiger partial charge in [-0.05, 0) is 24.1 Å². The minimum absolute atomic E-state index is 0.0537. The predicted octanol–water partition coefficient (Wildman–Crippen LogP) is 2.42. The molecule has 0 bridgehead atoms. The largest absolute Gasteiger partial charge is 0.426 e. The molecule has 4 nitrogen and oxygen atoms in total. The zero-order chi connectivity index (χ0) is 12.1. The molecule has 1 aromatic heterocycles. The Morgan fingerprint density at radius 2 is 2.06 bits per heavy atom. The number of furan rings is 1. The van der Waals surface area contributed by atoms with E-state index >= 15 is 0 Å². The van der Waals surface area contributed by atoms with E-state index in [2.05, 4.69) is 0 Å². The summed E-state index contributed by atoms with van der Waals surface area (Å²) in [5, 5.41) is 8.93. The van der Waals surface area contributed by atoms with Crippen molar-refractivity contribution >= 4 is 6.29 Å². The van der Waals surface area contributed by atoms with Crippen LogP contribution in [0.1, 0.15) is 16.1 Å². The lowest BCUT2D eigenvalue weighted by Crippen LogP contribution is -1.94. The first-order valence-electron chi connectivity index (χ1n) is 5.25. The van der Waals surface area contributed by atoms with Crippen LogP contribution in [0, 0.1) is 0 Å². The van der Waals surface area contributed by atoms with Crippen molar-refractivity contribution in [3.05, 3.63) is 47.7 Å². The molecule has 17 heavy (non-hydrogen) atoms. The summed E-state index contributed by atoms with van der Waals surface area (Å²) < 4.78 is 10.6. The number of hydrogen-bond donors (Lipinski definition) is 1. The standard InChI is InChI=1S/C13H12O4/c14-8-7-10-3-1-2-4-12(10)17-13-6-5-11(9-15)16-13/h1-6,9,14H,7-8H2. The maximum Gasteiger partial charge on any atom is 0.290 e. The fourth-order valence-electron chi connectivity index (χ4n) is 1.49. The van der Waals surface area contributed by atoms with Crippen molar-refractivity contribution in [2.45, 2.75) is 6.42 Å². The van der Waals surface area contributed by atoms with E-state index < -0.39 is 0 Å². The van der Waals surface area contributed by atoms with E-state index in [1.807, 2.05) is 18.2 Å². The van der Waals surface area contributed by atoms with Crippen LogP contribution in [0.25, 0.3) is 0 Å². The minimum atomic E-state index is 0.0537. The van der Waals surface area contributed by atoms with Crippen molar-refractivity contribution in [1.82, 2.24) is 0 Å². The molecule has 0 aliphatic rings. The molecule has 1 aromatic carbocycles. The van der Waals surface area contributed by atoms with E-state index in [1.54, 1.807) is 12.1 Å². The zero-order valence-corrected chi connectivity index (χ0v) is 9.13. The Labute approximate surface area is 98.4 Å². The highest BCUT2D eigenvalue weighted by Crippen LogP contribution is 2.26. The zero-order valence-electron chi connectivity index (χ0n) is 9.13. The van der Waals surface area contributed by atoms with E-state index in [-0.39, 0.29) is 18.3 Å². The van der Waals surface area contributed by atoms with Crippen molar-refractivity contribution in [1.29, 1.82) is 0 Å². The number of rotatable bonds is 5. The van der Waals surface area contributed by atoms with E-state index in [0.29, 0.717) is 18.5 Å². The summed E-state index contributed by atoms with van der Waals surface area (Å²) in [6.07, 6.45) is 1.13. The lowest BCUT2D eigenvalue weighted by Gasteiger charge is -2.07. The molecule has 0 saturated carbocycles. The van der Waals surface area contributed by atoms with Gasteiger partial charge in [-0.3, -0.25) is 4.79 Å². The second-order valence-electron chi connectivity index (χ2n) is 3.46. The molecule has 0 fully saturated rings. The summed E-state index contributed by atoms with van der Waals surface area (Å²) in [6, 6.07) is 10.5. The van der Waals surface area contributed by atoms with Crippen LogP contribution >= 0.6 is 0 Å². The molecule has 0 saturated heterocycles.